The number of rotatable bonds is 1. The van der Waals surface area contributed by atoms with E-state index in [0.717, 1.165) is 15.6 Å². The molecule has 0 bridgehead atoms. The van der Waals surface area contributed by atoms with Crippen LogP contribution in [0.15, 0.2) is 33.4 Å². The third kappa shape index (κ3) is 1.80. The maximum absolute atomic E-state index is 9.66. The van der Waals surface area contributed by atoms with E-state index in [0.29, 0.717) is 5.02 Å². The molecule has 72 valence electrons. The first-order valence-electron chi connectivity index (χ1n) is 3.89. The number of benzene rings is 1. The highest BCUT2D eigenvalue weighted by Gasteiger charge is 2.09. The highest BCUT2D eigenvalue weighted by atomic mass is 79.9. The Labute approximate surface area is 99.1 Å². The van der Waals surface area contributed by atoms with Crippen LogP contribution in [-0.2, 0) is 0 Å². The van der Waals surface area contributed by atoms with Crippen molar-refractivity contribution in [1.29, 1.82) is 0 Å². The third-order valence-corrected chi connectivity index (χ3v) is 3.80. The van der Waals surface area contributed by atoms with Crippen molar-refractivity contribution >= 4 is 38.9 Å². The largest absolute Gasteiger partial charge is 0.507 e. The van der Waals surface area contributed by atoms with E-state index in [2.05, 4.69) is 15.9 Å². The van der Waals surface area contributed by atoms with Crippen LogP contribution in [0.1, 0.15) is 0 Å². The number of halogens is 2. The topological polar surface area (TPSA) is 20.2 Å². The van der Waals surface area contributed by atoms with Crippen molar-refractivity contribution in [2.45, 2.75) is 0 Å². The first kappa shape index (κ1) is 10.0. The molecular formula is C10H6BrClOS. The Morgan fingerprint density at radius 1 is 1.21 bits per heavy atom. The van der Waals surface area contributed by atoms with E-state index in [9.17, 15) is 5.11 Å². The van der Waals surface area contributed by atoms with Gasteiger partial charge in [0.05, 0.1) is 0 Å². The number of hydrogen-bond acceptors (Lipinski definition) is 2. The van der Waals surface area contributed by atoms with E-state index in [4.69, 9.17) is 11.6 Å². The molecule has 1 heterocycles. The molecule has 1 aromatic carbocycles. The van der Waals surface area contributed by atoms with Crippen molar-refractivity contribution in [2.75, 3.05) is 0 Å². The van der Waals surface area contributed by atoms with Gasteiger partial charge in [0.15, 0.2) is 0 Å². The fourth-order valence-electron chi connectivity index (χ4n) is 1.20. The molecule has 0 atom stereocenters. The molecule has 0 amide bonds. The fraction of sp³-hybridized carbons (Fsp3) is 0. The van der Waals surface area contributed by atoms with Gasteiger partial charge in [0, 0.05) is 26.0 Å². The van der Waals surface area contributed by atoms with Gasteiger partial charge in [-0.15, -0.1) is 0 Å². The predicted octanol–water partition coefficient (Wildman–Crippen LogP) is 4.54. The van der Waals surface area contributed by atoms with E-state index in [1.165, 1.54) is 0 Å². The summed E-state index contributed by atoms with van der Waals surface area (Å²) in [6, 6.07) is 5.02. The van der Waals surface area contributed by atoms with Crippen LogP contribution < -0.4 is 0 Å². The van der Waals surface area contributed by atoms with Crippen molar-refractivity contribution < 1.29 is 5.11 Å². The molecule has 1 aromatic heterocycles. The predicted molar refractivity (Wildman–Crippen MR) is 64.1 cm³/mol. The zero-order valence-corrected chi connectivity index (χ0v) is 10.2. The molecule has 0 saturated carbocycles. The number of phenols is 1. The molecule has 14 heavy (non-hydrogen) atoms. The fourth-order valence-corrected chi connectivity index (χ4v) is 2.88. The lowest BCUT2D eigenvalue weighted by molar-refractivity contribution is 0.477. The second-order valence-electron chi connectivity index (χ2n) is 2.79. The molecule has 2 rings (SSSR count). The van der Waals surface area contributed by atoms with Crippen LogP contribution in [-0.4, -0.2) is 5.11 Å². The molecule has 0 radical (unpaired) electrons. The van der Waals surface area contributed by atoms with E-state index in [1.54, 1.807) is 29.5 Å². The minimum atomic E-state index is 0.244. The Bertz CT molecular complexity index is 467. The number of phenolic OH excluding ortho intramolecular Hbond substituents is 1. The summed E-state index contributed by atoms with van der Waals surface area (Å²) in [4.78, 5) is 0. The number of thiophene rings is 1. The van der Waals surface area contributed by atoms with E-state index < -0.39 is 0 Å². The maximum Gasteiger partial charge on any atom is 0.123 e. The zero-order chi connectivity index (χ0) is 10.1. The lowest BCUT2D eigenvalue weighted by Crippen LogP contribution is -1.77. The van der Waals surface area contributed by atoms with Gasteiger partial charge in [-0.25, -0.2) is 0 Å². The van der Waals surface area contributed by atoms with Crippen LogP contribution in [0.5, 0.6) is 5.75 Å². The molecule has 0 aliphatic rings. The number of hydrogen-bond donors (Lipinski definition) is 1. The molecule has 0 fully saturated rings. The van der Waals surface area contributed by atoms with Crippen LogP contribution in [0.4, 0.5) is 0 Å². The summed E-state index contributed by atoms with van der Waals surface area (Å²) < 4.78 is 0.972. The first-order valence-corrected chi connectivity index (χ1v) is 6.00. The minimum Gasteiger partial charge on any atom is -0.507 e. The molecule has 0 saturated heterocycles. The summed E-state index contributed by atoms with van der Waals surface area (Å²) in [5.41, 5.74) is 1.72. The molecular weight excluding hydrogens is 284 g/mol. The SMILES string of the molecule is Oc1ccc(Cl)cc1-c1cscc1Br. The standard InChI is InChI=1S/C10H6BrClOS/c11-9-5-14-4-8(9)7-3-6(12)1-2-10(7)13/h1-5,13H. The zero-order valence-electron chi connectivity index (χ0n) is 7.00. The van der Waals surface area contributed by atoms with Crippen molar-refractivity contribution in [2.24, 2.45) is 0 Å². The van der Waals surface area contributed by atoms with Crippen LogP contribution in [0.3, 0.4) is 0 Å². The smallest absolute Gasteiger partial charge is 0.123 e. The lowest BCUT2D eigenvalue weighted by Gasteiger charge is -2.03. The minimum absolute atomic E-state index is 0.244. The lowest BCUT2D eigenvalue weighted by atomic mass is 10.1. The Hall–Kier alpha value is -0.510. The second-order valence-corrected chi connectivity index (χ2v) is 4.83. The average molecular weight is 290 g/mol. The molecule has 0 spiro atoms. The van der Waals surface area contributed by atoms with Gasteiger partial charge < -0.3 is 5.11 Å². The Kier molecular flexibility index (Phi) is 2.81. The van der Waals surface area contributed by atoms with Gasteiger partial charge >= 0.3 is 0 Å². The maximum atomic E-state index is 9.66. The Balaban J connectivity index is 2.62. The second kappa shape index (κ2) is 3.93. The monoisotopic (exact) mass is 288 g/mol. The molecule has 1 nitrogen and oxygen atoms in total. The molecule has 0 aliphatic carbocycles. The van der Waals surface area contributed by atoms with Gasteiger partial charge in [0.1, 0.15) is 5.75 Å². The summed E-state index contributed by atoms with van der Waals surface area (Å²) in [5.74, 6) is 0.244. The molecule has 0 aliphatic heterocycles. The van der Waals surface area contributed by atoms with Gasteiger partial charge in [-0.3, -0.25) is 0 Å². The Morgan fingerprint density at radius 2 is 2.00 bits per heavy atom. The summed E-state index contributed by atoms with van der Waals surface area (Å²) in [6.07, 6.45) is 0. The van der Waals surface area contributed by atoms with Crippen molar-refractivity contribution in [1.82, 2.24) is 0 Å². The normalized spacial score (nSPS) is 10.4. The summed E-state index contributed by atoms with van der Waals surface area (Å²) >= 11 is 10.9. The third-order valence-electron chi connectivity index (χ3n) is 1.86. The van der Waals surface area contributed by atoms with E-state index in [1.807, 2.05) is 10.8 Å². The first-order chi connectivity index (χ1) is 6.68. The van der Waals surface area contributed by atoms with Gasteiger partial charge in [0.25, 0.3) is 0 Å². The van der Waals surface area contributed by atoms with Gasteiger partial charge in [-0.05, 0) is 39.5 Å². The van der Waals surface area contributed by atoms with Gasteiger partial charge in [0.2, 0.25) is 0 Å². The van der Waals surface area contributed by atoms with E-state index in [-0.39, 0.29) is 5.75 Å². The van der Waals surface area contributed by atoms with E-state index >= 15 is 0 Å². The number of aromatic hydroxyl groups is 1. The van der Waals surface area contributed by atoms with Crippen LogP contribution in [0, 0.1) is 0 Å². The van der Waals surface area contributed by atoms with Gasteiger partial charge in [-0.2, -0.15) is 11.3 Å². The quantitative estimate of drug-likeness (QED) is 0.817. The summed E-state index contributed by atoms with van der Waals surface area (Å²) in [6.45, 7) is 0. The van der Waals surface area contributed by atoms with Crippen molar-refractivity contribution in [3.05, 3.63) is 38.5 Å². The molecule has 0 unspecified atom stereocenters. The molecule has 4 heteroatoms. The van der Waals surface area contributed by atoms with Crippen LogP contribution in [0.25, 0.3) is 11.1 Å². The summed E-state index contributed by atoms with van der Waals surface area (Å²) in [5, 5.41) is 14.2. The van der Waals surface area contributed by atoms with Crippen molar-refractivity contribution in [3.63, 3.8) is 0 Å². The van der Waals surface area contributed by atoms with Crippen molar-refractivity contribution in [3.8, 4) is 16.9 Å². The summed E-state index contributed by atoms with van der Waals surface area (Å²) in [7, 11) is 0. The molecule has 1 N–H and O–H groups in total. The van der Waals surface area contributed by atoms with Gasteiger partial charge in [-0.1, -0.05) is 11.6 Å². The molecule has 2 aromatic rings. The van der Waals surface area contributed by atoms with Crippen LogP contribution >= 0.6 is 38.9 Å². The average Bonchev–Trinajstić information content (AvgIpc) is 2.56. The Morgan fingerprint density at radius 3 is 2.64 bits per heavy atom. The highest BCUT2D eigenvalue weighted by Crippen LogP contribution is 2.37. The highest BCUT2D eigenvalue weighted by molar-refractivity contribution is 9.10. The van der Waals surface area contributed by atoms with Crippen LogP contribution in [0.2, 0.25) is 5.02 Å².